The minimum Gasteiger partial charge on any atom is -0.337 e. The number of halogens is 3. The SMILES string of the molecule is CC(N)C1CCN(C(=O)c2ccn(-c3ccc(Cl)c(Cl)c3)n2)CC1.Cl. The molecule has 2 N–H and O–H groups in total. The molecule has 5 nitrogen and oxygen atoms in total. The van der Waals surface area contributed by atoms with Crippen LogP contribution in [0.2, 0.25) is 10.0 Å². The molecule has 2 aromatic rings. The Balaban J connectivity index is 0.00000225. The molecule has 1 aliphatic rings. The summed E-state index contributed by atoms with van der Waals surface area (Å²) in [7, 11) is 0. The first-order chi connectivity index (χ1) is 11.5. The second-order valence-corrected chi connectivity index (χ2v) is 7.05. The van der Waals surface area contributed by atoms with E-state index in [2.05, 4.69) is 5.10 Å². The highest BCUT2D eigenvalue weighted by Gasteiger charge is 2.26. The van der Waals surface area contributed by atoms with Crippen molar-refractivity contribution in [2.75, 3.05) is 13.1 Å². The lowest BCUT2D eigenvalue weighted by atomic mass is 9.91. The van der Waals surface area contributed by atoms with Gasteiger partial charge in [-0.2, -0.15) is 5.10 Å². The molecular formula is C17H21Cl3N4O. The van der Waals surface area contributed by atoms with Crippen molar-refractivity contribution in [2.45, 2.75) is 25.8 Å². The summed E-state index contributed by atoms with van der Waals surface area (Å²) in [5, 5.41) is 5.32. The lowest BCUT2D eigenvalue weighted by Crippen LogP contribution is -2.42. The molecule has 1 fully saturated rings. The van der Waals surface area contributed by atoms with Crippen molar-refractivity contribution < 1.29 is 4.79 Å². The van der Waals surface area contributed by atoms with Crippen LogP contribution in [0.5, 0.6) is 0 Å². The van der Waals surface area contributed by atoms with Gasteiger partial charge in [0.2, 0.25) is 0 Å². The fraction of sp³-hybridized carbons (Fsp3) is 0.412. The summed E-state index contributed by atoms with van der Waals surface area (Å²) in [6.07, 6.45) is 3.63. The number of rotatable bonds is 3. The van der Waals surface area contributed by atoms with Gasteiger partial charge in [-0.05, 0) is 49.9 Å². The Labute approximate surface area is 163 Å². The van der Waals surface area contributed by atoms with Gasteiger partial charge in [0.1, 0.15) is 0 Å². The molecule has 8 heteroatoms. The molecule has 0 spiro atoms. The fourth-order valence-electron chi connectivity index (χ4n) is 3.00. The molecule has 1 aromatic carbocycles. The molecule has 1 aromatic heterocycles. The highest BCUT2D eigenvalue weighted by atomic mass is 35.5. The van der Waals surface area contributed by atoms with E-state index in [1.54, 1.807) is 29.1 Å². The van der Waals surface area contributed by atoms with Crippen molar-refractivity contribution in [2.24, 2.45) is 11.7 Å². The largest absolute Gasteiger partial charge is 0.337 e. The van der Waals surface area contributed by atoms with Crippen molar-refractivity contribution in [3.05, 3.63) is 46.2 Å². The first kappa shape index (κ1) is 20.0. The molecule has 0 aliphatic carbocycles. The Morgan fingerprint density at radius 2 is 1.92 bits per heavy atom. The van der Waals surface area contributed by atoms with Gasteiger partial charge in [-0.25, -0.2) is 4.68 Å². The third-order valence-corrected chi connectivity index (χ3v) is 5.29. The molecule has 1 unspecified atom stereocenters. The molecule has 1 atom stereocenters. The lowest BCUT2D eigenvalue weighted by molar-refractivity contribution is 0.0674. The predicted octanol–water partition coefficient (Wildman–Crippen LogP) is 3.80. The van der Waals surface area contributed by atoms with Crippen LogP contribution in [-0.2, 0) is 0 Å². The maximum absolute atomic E-state index is 12.6. The number of carbonyl (C=O) groups excluding carboxylic acids is 1. The molecule has 0 bridgehead atoms. The monoisotopic (exact) mass is 402 g/mol. The molecule has 3 rings (SSSR count). The Morgan fingerprint density at radius 3 is 2.52 bits per heavy atom. The molecule has 136 valence electrons. The molecule has 1 aliphatic heterocycles. The summed E-state index contributed by atoms with van der Waals surface area (Å²) in [5.74, 6) is 0.444. The van der Waals surface area contributed by atoms with Crippen molar-refractivity contribution >= 4 is 41.5 Å². The summed E-state index contributed by atoms with van der Waals surface area (Å²) < 4.78 is 1.63. The van der Waals surface area contributed by atoms with Crippen LogP contribution < -0.4 is 5.73 Å². The van der Waals surface area contributed by atoms with Gasteiger partial charge in [0.05, 0.1) is 15.7 Å². The molecule has 2 heterocycles. The fourth-order valence-corrected chi connectivity index (χ4v) is 3.29. The van der Waals surface area contributed by atoms with Crippen molar-refractivity contribution in [3.63, 3.8) is 0 Å². The number of piperidine rings is 1. The minimum atomic E-state index is -0.0445. The third kappa shape index (κ3) is 4.47. The number of benzene rings is 1. The van der Waals surface area contributed by atoms with Crippen LogP contribution in [0.4, 0.5) is 0 Å². The van der Waals surface area contributed by atoms with Crippen molar-refractivity contribution in [1.29, 1.82) is 0 Å². The average molecular weight is 404 g/mol. The highest BCUT2D eigenvalue weighted by Crippen LogP contribution is 2.25. The maximum atomic E-state index is 12.6. The second-order valence-electron chi connectivity index (χ2n) is 6.23. The summed E-state index contributed by atoms with van der Waals surface area (Å²) >= 11 is 12.0. The van der Waals surface area contributed by atoms with E-state index in [0.29, 0.717) is 21.7 Å². The van der Waals surface area contributed by atoms with Gasteiger partial charge in [0, 0.05) is 25.3 Å². The van der Waals surface area contributed by atoms with Crippen molar-refractivity contribution in [1.82, 2.24) is 14.7 Å². The van der Waals surface area contributed by atoms with E-state index in [-0.39, 0.29) is 24.4 Å². The quantitative estimate of drug-likeness (QED) is 0.847. The zero-order chi connectivity index (χ0) is 17.3. The number of amides is 1. The van der Waals surface area contributed by atoms with Gasteiger partial charge in [0.25, 0.3) is 5.91 Å². The first-order valence-corrected chi connectivity index (χ1v) is 8.77. The smallest absolute Gasteiger partial charge is 0.274 e. The Bertz CT molecular complexity index is 739. The summed E-state index contributed by atoms with van der Waals surface area (Å²) in [5.41, 5.74) is 7.14. The third-order valence-electron chi connectivity index (χ3n) is 4.55. The molecule has 0 radical (unpaired) electrons. The number of hydrogen-bond donors (Lipinski definition) is 1. The van der Waals surface area contributed by atoms with Crippen LogP contribution in [0.25, 0.3) is 5.69 Å². The standard InChI is InChI=1S/C17H20Cl2N4O.ClH/c1-11(20)12-4-7-22(8-5-12)17(24)16-6-9-23(21-16)13-2-3-14(18)15(19)10-13;/h2-3,6,9-12H,4-5,7-8,20H2,1H3;1H. The van der Waals surface area contributed by atoms with Gasteiger partial charge < -0.3 is 10.6 Å². The van der Waals surface area contributed by atoms with Gasteiger partial charge >= 0.3 is 0 Å². The number of carbonyl (C=O) groups is 1. The molecule has 25 heavy (non-hydrogen) atoms. The van der Waals surface area contributed by atoms with Crippen LogP contribution in [0.3, 0.4) is 0 Å². The van der Waals surface area contributed by atoms with E-state index >= 15 is 0 Å². The maximum Gasteiger partial charge on any atom is 0.274 e. The Hall–Kier alpha value is -1.27. The zero-order valence-corrected chi connectivity index (χ0v) is 16.2. The number of nitrogens with zero attached hydrogens (tertiary/aromatic N) is 3. The molecule has 0 saturated carbocycles. The number of likely N-dealkylation sites (tertiary alicyclic amines) is 1. The molecular weight excluding hydrogens is 383 g/mol. The van der Waals surface area contributed by atoms with Gasteiger partial charge in [-0.1, -0.05) is 23.2 Å². The lowest BCUT2D eigenvalue weighted by Gasteiger charge is -2.33. The summed E-state index contributed by atoms with van der Waals surface area (Å²) in [4.78, 5) is 14.5. The number of hydrogen-bond acceptors (Lipinski definition) is 3. The minimum absolute atomic E-state index is 0. The average Bonchev–Trinajstić information content (AvgIpc) is 3.07. The van der Waals surface area contributed by atoms with E-state index in [1.807, 2.05) is 17.9 Å². The van der Waals surface area contributed by atoms with E-state index < -0.39 is 0 Å². The summed E-state index contributed by atoms with van der Waals surface area (Å²) in [6.45, 7) is 3.48. The second kappa shape index (κ2) is 8.41. The predicted molar refractivity (Wildman–Crippen MR) is 103 cm³/mol. The zero-order valence-electron chi connectivity index (χ0n) is 13.9. The summed E-state index contributed by atoms with van der Waals surface area (Å²) in [6, 6.07) is 7.14. The van der Waals surface area contributed by atoms with Crippen LogP contribution in [-0.4, -0.2) is 39.7 Å². The normalized spacial score (nSPS) is 16.4. The van der Waals surface area contributed by atoms with Crippen LogP contribution in [0.1, 0.15) is 30.3 Å². The van der Waals surface area contributed by atoms with E-state index in [9.17, 15) is 4.79 Å². The highest BCUT2D eigenvalue weighted by molar-refractivity contribution is 6.42. The van der Waals surface area contributed by atoms with Gasteiger partial charge in [-0.3, -0.25) is 4.79 Å². The van der Waals surface area contributed by atoms with E-state index in [4.69, 9.17) is 28.9 Å². The van der Waals surface area contributed by atoms with Crippen molar-refractivity contribution in [3.8, 4) is 5.69 Å². The molecule has 1 amide bonds. The van der Waals surface area contributed by atoms with E-state index in [0.717, 1.165) is 31.6 Å². The van der Waals surface area contributed by atoms with Crippen LogP contribution in [0, 0.1) is 5.92 Å². The Kier molecular flexibility index (Phi) is 6.74. The van der Waals surface area contributed by atoms with Gasteiger partial charge in [-0.15, -0.1) is 12.4 Å². The Morgan fingerprint density at radius 1 is 1.24 bits per heavy atom. The van der Waals surface area contributed by atoms with Gasteiger partial charge in [0.15, 0.2) is 5.69 Å². The topological polar surface area (TPSA) is 64.2 Å². The number of aromatic nitrogens is 2. The van der Waals surface area contributed by atoms with E-state index in [1.165, 1.54) is 0 Å². The molecule has 1 saturated heterocycles. The first-order valence-electron chi connectivity index (χ1n) is 8.01. The van der Waals surface area contributed by atoms with Crippen LogP contribution in [0.15, 0.2) is 30.5 Å². The number of nitrogens with two attached hydrogens (primary N) is 1. The van der Waals surface area contributed by atoms with Crippen LogP contribution >= 0.6 is 35.6 Å².